The van der Waals surface area contributed by atoms with Crippen LogP contribution in [0.25, 0.3) is 0 Å². The van der Waals surface area contributed by atoms with E-state index in [0.29, 0.717) is 0 Å². The fourth-order valence-corrected chi connectivity index (χ4v) is 2.68. The van der Waals surface area contributed by atoms with Crippen LogP contribution in [0, 0.1) is 5.92 Å². The third kappa shape index (κ3) is 2.23. The Hall–Kier alpha value is -0.0800. The second kappa shape index (κ2) is 3.25. The lowest BCUT2D eigenvalue weighted by Crippen LogP contribution is -2.59. The van der Waals surface area contributed by atoms with Crippen LogP contribution in [0.3, 0.4) is 0 Å². The summed E-state index contributed by atoms with van der Waals surface area (Å²) in [6, 6.07) is 0.752. The second-order valence-electron chi connectivity index (χ2n) is 5.64. The van der Waals surface area contributed by atoms with Gasteiger partial charge in [-0.15, -0.1) is 0 Å². The molecule has 13 heavy (non-hydrogen) atoms. The van der Waals surface area contributed by atoms with E-state index < -0.39 is 0 Å². The highest BCUT2D eigenvalue weighted by Crippen LogP contribution is 2.28. The first-order valence-electron chi connectivity index (χ1n) is 5.55. The Labute approximate surface area is 81.7 Å². The molecule has 3 heterocycles. The average Bonchev–Trinajstić information content (AvgIpc) is 2.03. The first kappa shape index (κ1) is 9.47. The van der Waals surface area contributed by atoms with E-state index in [2.05, 4.69) is 31.0 Å². The van der Waals surface area contributed by atoms with Gasteiger partial charge in [-0.1, -0.05) is 0 Å². The Morgan fingerprint density at radius 1 is 1.15 bits per heavy atom. The third-order valence-electron chi connectivity index (χ3n) is 3.27. The fraction of sp³-hybridized carbons (Fsp3) is 1.00. The third-order valence-corrected chi connectivity index (χ3v) is 3.27. The summed E-state index contributed by atoms with van der Waals surface area (Å²) >= 11 is 0. The van der Waals surface area contributed by atoms with Crippen LogP contribution in [0.1, 0.15) is 33.6 Å². The minimum atomic E-state index is 0.281. The number of hydrogen-bond donors (Lipinski definition) is 1. The summed E-state index contributed by atoms with van der Waals surface area (Å²) in [6.07, 6.45) is 2.82. The molecule has 0 amide bonds. The van der Waals surface area contributed by atoms with Gasteiger partial charge in [0, 0.05) is 18.1 Å². The quantitative estimate of drug-likeness (QED) is 0.660. The van der Waals surface area contributed by atoms with Gasteiger partial charge in [0.2, 0.25) is 0 Å². The van der Waals surface area contributed by atoms with Crippen LogP contribution in [-0.2, 0) is 0 Å². The molecular weight excluding hydrogens is 160 g/mol. The molecule has 0 unspecified atom stereocenters. The van der Waals surface area contributed by atoms with Crippen molar-refractivity contribution in [2.45, 2.75) is 45.2 Å². The van der Waals surface area contributed by atoms with Gasteiger partial charge in [-0.2, -0.15) is 0 Å². The van der Waals surface area contributed by atoms with Crippen LogP contribution in [0.15, 0.2) is 0 Å². The summed E-state index contributed by atoms with van der Waals surface area (Å²) in [5.41, 5.74) is 0.281. The summed E-state index contributed by atoms with van der Waals surface area (Å²) in [6.45, 7) is 10.8. The highest BCUT2D eigenvalue weighted by Gasteiger charge is 2.35. The van der Waals surface area contributed by atoms with Crippen molar-refractivity contribution in [2.75, 3.05) is 19.6 Å². The fourth-order valence-electron chi connectivity index (χ4n) is 2.68. The summed E-state index contributed by atoms with van der Waals surface area (Å²) in [7, 11) is 0. The molecule has 1 N–H and O–H groups in total. The molecule has 3 aliphatic rings. The Morgan fingerprint density at radius 3 is 2.15 bits per heavy atom. The molecule has 0 aromatic carbocycles. The van der Waals surface area contributed by atoms with Gasteiger partial charge < -0.3 is 10.2 Å². The molecule has 0 saturated carbocycles. The molecule has 2 heteroatoms. The van der Waals surface area contributed by atoms with E-state index in [9.17, 15) is 0 Å². The van der Waals surface area contributed by atoms with Gasteiger partial charge in [0.05, 0.1) is 0 Å². The minimum Gasteiger partial charge on any atom is -0.308 e. The number of hydrogen-bond acceptors (Lipinski definition) is 2. The van der Waals surface area contributed by atoms with E-state index in [1.165, 1.54) is 32.5 Å². The van der Waals surface area contributed by atoms with Crippen molar-refractivity contribution in [3.63, 3.8) is 0 Å². The molecule has 0 radical (unpaired) electrons. The Kier molecular flexibility index (Phi) is 2.37. The van der Waals surface area contributed by atoms with Crippen molar-refractivity contribution >= 4 is 0 Å². The lowest BCUT2D eigenvalue weighted by Gasteiger charge is -2.47. The average molecular weight is 182 g/mol. The van der Waals surface area contributed by atoms with Crippen molar-refractivity contribution in [1.82, 2.24) is 10.2 Å². The molecule has 76 valence electrons. The summed E-state index contributed by atoms with van der Waals surface area (Å²) in [5, 5.41) is 3.75. The highest BCUT2D eigenvalue weighted by molar-refractivity contribution is 4.93. The first-order chi connectivity index (χ1) is 6.04. The van der Waals surface area contributed by atoms with Gasteiger partial charge >= 0.3 is 0 Å². The smallest absolute Gasteiger partial charge is 0.0229 e. The maximum Gasteiger partial charge on any atom is 0.0229 e. The SMILES string of the molecule is CC(C)(C)N[C@@H]1CN2CCC1CC2. The summed E-state index contributed by atoms with van der Waals surface area (Å²) in [4.78, 5) is 2.60. The zero-order chi connectivity index (χ0) is 9.47. The first-order valence-corrected chi connectivity index (χ1v) is 5.55. The Balaban J connectivity index is 1.94. The standard InChI is InChI=1S/C11H22N2/c1-11(2,3)12-10-8-13-6-4-9(10)5-7-13/h9-10,12H,4-8H2,1-3H3/t10-/m1/s1. The molecular formula is C11H22N2. The van der Waals surface area contributed by atoms with Crippen LogP contribution >= 0.6 is 0 Å². The van der Waals surface area contributed by atoms with Crippen molar-refractivity contribution in [1.29, 1.82) is 0 Å². The van der Waals surface area contributed by atoms with Crippen molar-refractivity contribution in [3.8, 4) is 0 Å². The van der Waals surface area contributed by atoms with Crippen molar-refractivity contribution in [2.24, 2.45) is 5.92 Å². The van der Waals surface area contributed by atoms with Crippen LogP contribution in [-0.4, -0.2) is 36.1 Å². The largest absolute Gasteiger partial charge is 0.308 e. The van der Waals surface area contributed by atoms with Gasteiger partial charge in [0.15, 0.2) is 0 Å². The zero-order valence-corrected chi connectivity index (χ0v) is 9.14. The molecule has 2 bridgehead atoms. The van der Waals surface area contributed by atoms with Gasteiger partial charge in [-0.3, -0.25) is 0 Å². The van der Waals surface area contributed by atoms with Crippen LogP contribution in [0.4, 0.5) is 0 Å². The normalized spacial score (nSPS) is 39.5. The molecule has 0 aliphatic carbocycles. The molecule has 0 spiro atoms. The van der Waals surface area contributed by atoms with Gasteiger partial charge in [-0.05, 0) is 52.6 Å². The predicted octanol–water partition coefficient (Wildman–Crippen LogP) is 1.47. The van der Waals surface area contributed by atoms with Gasteiger partial charge in [-0.25, -0.2) is 0 Å². The van der Waals surface area contributed by atoms with Crippen molar-refractivity contribution < 1.29 is 0 Å². The number of rotatable bonds is 1. The van der Waals surface area contributed by atoms with E-state index in [1.807, 2.05) is 0 Å². The van der Waals surface area contributed by atoms with E-state index in [-0.39, 0.29) is 5.54 Å². The Morgan fingerprint density at radius 2 is 1.77 bits per heavy atom. The maximum atomic E-state index is 3.75. The van der Waals surface area contributed by atoms with Crippen molar-refractivity contribution in [3.05, 3.63) is 0 Å². The minimum absolute atomic E-state index is 0.281. The van der Waals surface area contributed by atoms with E-state index in [1.54, 1.807) is 0 Å². The topological polar surface area (TPSA) is 15.3 Å². The molecule has 0 aromatic rings. The summed E-state index contributed by atoms with van der Waals surface area (Å²) in [5.74, 6) is 0.948. The maximum absolute atomic E-state index is 3.75. The number of nitrogens with zero attached hydrogens (tertiary/aromatic N) is 1. The molecule has 0 aromatic heterocycles. The summed E-state index contributed by atoms with van der Waals surface area (Å²) < 4.78 is 0. The van der Waals surface area contributed by atoms with E-state index in [0.717, 1.165) is 12.0 Å². The predicted molar refractivity (Wildman–Crippen MR) is 55.8 cm³/mol. The van der Waals surface area contributed by atoms with Gasteiger partial charge in [0.25, 0.3) is 0 Å². The van der Waals surface area contributed by atoms with Crippen LogP contribution in [0.5, 0.6) is 0 Å². The van der Waals surface area contributed by atoms with E-state index >= 15 is 0 Å². The molecule has 1 atom stereocenters. The molecule has 3 fully saturated rings. The number of fused-ring (bicyclic) bond motifs is 3. The zero-order valence-electron chi connectivity index (χ0n) is 9.14. The second-order valence-corrected chi connectivity index (χ2v) is 5.64. The lowest BCUT2D eigenvalue weighted by molar-refractivity contribution is 0.0608. The van der Waals surface area contributed by atoms with Crippen LogP contribution < -0.4 is 5.32 Å². The number of piperidine rings is 3. The molecule has 3 saturated heterocycles. The Bertz CT molecular complexity index is 175. The van der Waals surface area contributed by atoms with E-state index in [4.69, 9.17) is 0 Å². The lowest BCUT2D eigenvalue weighted by atomic mass is 9.83. The molecule has 3 rings (SSSR count). The monoisotopic (exact) mass is 182 g/mol. The number of nitrogens with one attached hydrogen (secondary N) is 1. The molecule has 3 aliphatic heterocycles. The van der Waals surface area contributed by atoms with Crippen LogP contribution in [0.2, 0.25) is 0 Å². The highest BCUT2D eigenvalue weighted by atomic mass is 15.2. The molecule has 2 nitrogen and oxygen atoms in total. The van der Waals surface area contributed by atoms with Gasteiger partial charge in [0.1, 0.15) is 0 Å².